The van der Waals surface area contributed by atoms with Crippen LogP contribution in [0.3, 0.4) is 0 Å². The third-order valence-corrected chi connectivity index (χ3v) is 5.78. The van der Waals surface area contributed by atoms with Crippen LogP contribution in [-0.2, 0) is 22.5 Å². The van der Waals surface area contributed by atoms with Gasteiger partial charge in [-0.3, -0.25) is 10.1 Å². The number of benzene rings is 1. The highest BCUT2D eigenvalue weighted by atomic mass is 32.1. The number of thiocarbonyl (C=S) groups is 1. The monoisotopic (exact) mass is 464 g/mol. The van der Waals surface area contributed by atoms with Crippen molar-refractivity contribution in [2.75, 3.05) is 5.32 Å². The van der Waals surface area contributed by atoms with Crippen molar-refractivity contribution in [3.63, 3.8) is 0 Å². The van der Waals surface area contributed by atoms with Gasteiger partial charge >= 0.3 is 5.97 Å². The van der Waals surface area contributed by atoms with Crippen molar-refractivity contribution in [2.24, 2.45) is 0 Å². The Balaban J connectivity index is 1.85. The van der Waals surface area contributed by atoms with Gasteiger partial charge in [0.15, 0.2) is 5.11 Å². The molecule has 0 radical (unpaired) electrons. The van der Waals surface area contributed by atoms with Crippen LogP contribution in [0.5, 0.6) is 0 Å². The highest BCUT2D eigenvalue weighted by Gasteiger charge is 2.35. The number of nitrogens with one attached hydrogen (secondary N) is 2. The van der Waals surface area contributed by atoms with E-state index in [-0.39, 0.29) is 10.7 Å². The van der Waals surface area contributed by atoms with Gasteiger partial charge in [-0.05, 0) is 76.7 Å². The van der Waals surface area contributed by atoms with E-state index < -0.39 is 28.9 Å². The highest BCUT2D eigenvalue weighted by Crippen LogP contribution is 2.41. The summed E-state index contributed by atoms with van der Waals surface area (Å²) in [7, 11) is 0. The first-order valence-corrected chi connectivity index (χ1v) is 11.0. The predicted molar refractivity (Wildman–Crippen MR) is 122 cm³/mol. The fraction of sp³-hybridized carbons (Fsp3) is 0.409. The first-order chi connectivity index (χ1) is 14.3. The minimum atomic E-state index is -0.666. The molecule has 0 saturated heterocycles. The van der Waals surface area contributed by atoms with Gasteiger partial charge in [0.05, 0.1) is 17.8 Å². The fourth-order valence-electron chi connectivity index (χ4n) is 3.10. The van der Waals surface area contributed by atoms with E-state index in [4.69, 9.17) is 21.7 Å². The number of esters is 1. The van der Waals surface area contributed by atoms with Gasteiger partial charge in [-0.1, -0.05) is 0 Å². The molecule has 9 heteroatoms. The summed E-state index contributed by atoms with van der Waals surface area (Å²) in [6, 6.07) is 5.12. The van der Waals surface area contributed by atoms with E-state index >= 15 is 0 Å². The zero-order valence-electron chi connectivity index (χ0n) is 18.1. The summed E-state index contributed by atoms with van der Waals surface area (Å²) in [5.74, 6) is -1.38. The lowest BCUT2D eigenvalue weighted by atomic mass is 9.93. The van der Waals surface area contributed by atoms with E-state index in [0.717, 1.165) is 10.4 Å². The lowest BCUT2D eigenvalue weighted by Gasteiger charge is -2.30. The van der Waals surface area contributed by atoms with Gasteiger partial charge in [0.2, 0.25) is 0 Å². The molecule has 1 aromatic heterocycles. The SMILES string of the molecule is CC(C)(C)OC(=O)c1c(NC(=S)NC(=O)c2ccc(F)cc2)sc2c1CC(C)(C)OC2. The molecule has 0 unspecified atom stereocenters. The second kappa shape index (κ2) is 8.64. The number of carbonyl (C=O) groups excluding carboxylic acids is 2. The average Bonchev–Trinajstić information content (AvgIpc) is 2.96. The van der Waals surface area contributed by atoms with Crippen molar-refractivity contribution in [3.05, 3.63) is 51.7 Å². The third-order valence-electron chi connectivity index (χ3n) is 4.45. The Hall–Kier alpha value is -2.36. The number of anilines is 1. The highest BCUT2D eigenvalue weighted by molar-refractivity contribution is 7.80. The minimum absolute atomic E-state index is 0.0258. The predicted octanol–water partition coefficient (Wildman–Crippen LogP) is 4.82. The Morgan fingerprint density at radius 1 is 1.23 bits per heavy atom. The lowest BCUT2D eigenvalue weighted by Crippen LogP contribution is -2.35. The number of hydrogen-bond acceptors (Lipinski definition) is 6. The minimum Gasteiger partial charge on any atom is -0.456 e. The van der Waals surface area contributed by atoms with Gasteiger partial charge in [-0.2, -0.15) is 0 Å². The number of rotatable bonds is 3. The Labute approximate surface area is 190 Å². The molecule has 1 aliphatic heterocycles. The Kier molecular flexibility index (Phi) is 6.50. The van der Waals surface area contributed by atoms with Crippen LogP contribution in [0.25, 0.3) is 0 Å². The maximum absolute atomic E-state index is 13.1. The summed E-state index contributed by atoms with van der Waals surface area (Å²) < 4.78 is 24.6. The van der Waals surface area contributed by atoms with Gasteiger partial charge < -0.3 is 14.8 Å². The molecule has 6 nitrogen and oxygen atoms in total. The number of carbonyl (C=O) groups is 2. The summed E-state index contributed by atoms with van der Waals surface area (Å²) in [5.41, 5.74) is 0.453. The van der Waals surface area contributed by atoms with E-state index in [2.05, 4.69) is 10.6 Å². The standard InChI is InChI=1S/C22H25FN2O4S2/c1-21(2,3)29-19(27)16-14-10-22(4,5)28-11-15(14)31-18(16)25-20(30)24-17(26)12-6-8-13(23)9-7-12/h6-9H,10-11H2,1-5H3,(H2,24,25,26,30). The van der Waals surface area contributed by atoms with E-state index in [9.17, 15) is 14.0 Å². The molecule has 3 rings (SSSR count). The normalized spacial score (nSPS) is 15.0. The third kappa shape index (κ3) is 5.87. The van der Waals surface area contributed by atoms with Crippen molar-refractivity contribution in [1.82, 2.24) is 5.32 Å². The number of thiophene rings is 1. The number of amides is 1. The molecule has 0 fully saturated rings. The largest absolute Gasteiger partial charge is 0.456 e. The number of hydrogen-bond donors (Lipinski definition) is 2. The van der Waals surface area contributed by atoms with Crippen LogP contribution in [0, 0.1) is 5.82 Å². The second-order valence-electron chi connectivity index (χ2n) is 8.85. The summed E-state index contributed by atoms with van der Waals surface area (Å²) in [4.78, 5) is 26.3. The Morgan fingerprint density at radius 3 is 2.48 bits per heavy atom. The Bertz CT molecular complexity index is 1020. The van der Waals surface area contributed by atoms with Gasteiger partial charge in [-0.15, -0.1) is 11.3 Å². The quantitative estimate of drug-likeness (QED) is 0.501. The summed E-state index contributed by atoms with van der Waals surface area (Å²) in [6.45, 7) is 9.71. The molecule has 2 heterocycles. The van der Waals surface area contributed by atoms with Crippen molar-refractivity contribution < 1.29 is 23.5 Å². The van der Waals surface area contributed by atoms with Gasteiger partial charge in [0.1, 0.15) is 16.4 Å². The average molecular weight is 465 g/mol. The van der Waals surface area contributed by atoms with Gasteiger partial charge in [-0.25, -0.2) is 9.18 Å². The second-order valence-corrected chi connectivity index (χ2v) is 10.4. The maximum atomic E-state index is 13.1. The maximum Gasteiger partial charge on any atom is 0.341 e. The van der Waals surface area contributed by atoms with E-state index in [1.54, 1.807) is 20.8 Å². The van der Waals surface area contributed by atoms with E-state index in [1.807, 2.05) is 13.8 Å². The smallest absolute Gasteiger partial charge is 0.341 e. The van der Waals surface area contributed by atoms with Crippen LogP contribution >= 0.6 is 23.6 Å². The molecule has 2 aromatic rings. The number of ether oxygens (including phenoxy) is 2. The number of fused-ring (bicyclic) bond motifs is 1. The zero-order valence-corrected chi connectivity index (χ0v) is 19.7. The van der Waals surface area contributed by atoms with Crippen molar-refractivity contribution >= 4 is 45.5 Å². The Morgan fingerprint density at radius 2 is 1.87 bits per heavy atom. The molecule has 166 valence electrons. The zero-order chi connectivity index (χ0) is 23.0. The van der Waals surface area contributed by atoms with Gasteiger partial charge in [0.25, 0.3) is 5.91 Å². The van der Waals surface area contributed by atoms with Crippen LogP contribution < -0.4 is 10.6 Å². The van der Waals surface area contributed by atoms with Gasteiger partial charge in [0, 0.05) is 16.9 Å². The topological polar surface area (TPSA) is 76.7 Å². The molecule has 0 bridgehead atoms. The molecule has 1 aliphatic rings. The molecule has 0 saturated carbocycles. The summed E-state index contributed by atoms with van der Waals surface area (Å²) in [5, 5.41) is 6.04. The summed E-state index contributed by atoms with van der Waals surface area (Å²) in [6.07, 6.45) is 0.545. The molecular formula is C22H25FN2O4S2. The van der Waals surface area contributed by atoms with Crippen molar-refractivity contribution in [2.45, 2.75) is 58.8 Å². The molecule has 0 spiro atoms. The fourth-order valence-corrected chi connectivity index (χ4v) is 4.48. The summed E-state index contributed by atoms with van der Waals surface area (Å²) >= 11 is 6.63. The molecular weight excluding hydrogens is 439 g/mol. The van der Waals surface area contributed by atoms with Crippen LogP contribution in [0.1, 0.15) is 65.8 Å². The first kappa shape index (κ1) is 23.3. The van der Waals surface area contributed by atoms with Crippen LogP contribution in [0.15, 0.2) is 24.3 Å². The molecule has 0 atom stereocenters. The molecule has 2 N–H and O–H groups in total. The van der Waals surface area contributed by atoms with Crippen LogP contribution in [0.2, 0.25) is 0 Å². The molecule has 1 aromatic carbocycles. The van der Waals surface area contributed by atoms with Crippen LogP contribution in [0.4, 0.5) is 9.39 Å². The first-order valence-electron chi connectivity index (χ1n) is 9.74. The van der Waals surface area contributed by atoms with Crippen molar-refractivity contribution in [3.8, 4) is 0 Å². The van der Waals surface area contributed by atoms with E-state index in [1.165, 1.54) is 35.6 Å². The van der Waals surface area contributed by atoms with Crippen LogP contribution in [-0.4, -0.2) is 28.2 Å². The van der Waals surface area contributed by atoms with Crippen molar-refractivity contribution in [1.29, 1.82) is 0 Å². The molecule has 1 amide bonds. The lowest BCUT2D eigenvalue weighted by molar-refractivity contribution is -0.0386. The number of halogens is 1. The molecule has 31 heavy (non-hydrogen) atoms. The van der Waals surface area contributed by atoms with E-state index in [0.29, 0.717) is 23.6 Å². The molecule has 0 aliphatic carbocycles.